The maximum absolute atomic E-state index is 13.4. The zero-order valence-corrected chi connectivity index (χ0v) is 30.6. The van der Waals surface area contributed by atoms with Crippen LogP contribution in [0.3, 0.4) is 0 Å². The highest BCUT2D eigenvalue weighted by Gasteiger charge is 2.44. The number of aliphatic hydroxyl groups excluding tert-OH is 1. The molecule has 0 aromatic heterocycles. The largest absolute Gasteiger partial charge is 0.491 e. The first-order chi connectivity index (χ1) is 24.6. The summed E-state index contributed by atoms with van der Waals surface area (Å²) >= 11 is 0. The summed E-state index contributed by atoms with van der Waals surface area (Å²) in [7, 11) is 0. The highest BCUT2D eigenvalue weighted by atomic mass is 16.5. The minimum absolute atomic E-state index is 0.0158. The van der Waals surface area contributed by atoms with Crippen LogP contribution in [0.5, 0.6) is 5.75 Å². The van der Waals surface area contributed by atoms with Crippen LogP contribution >= 0.6 is 0 Å². The van der Waals surface area contributed by atoms with Crippen molar-refractivity contribution in [2.45, 2.75) is 135 Å². The third-order valence-electron chi connectivity index (χ3n) is 9.89. The van der Waals surface area contributed by atoms with Crippen LogP contribution in [0.15, 0.2) is 78.9 Å². The lowest BCUT2D eigenvalue weighted by Crippen LogP contribution is -2.38. The van der Waals surface area contributed by atoms with Gasteiger partial charge in [0.1, 0.15) is 17.0 Å². The van der Waals surface area contributed by atoms with Crippen LogP contribution in [-0.2, 0) is 19.9 Å². The second-order valence-corrected chi connectivity index (χ2v) is 13.8. The van der Waals surface area contributed by atoms with E-state index < -0.39 is 5.60 Å². The van der Waals surface area contributed by atoms with E-state index in [1.165, 1.54) is 94.8 Å². The Labute approximate surface area is 301 Å². The van der Waals surface area contributed by atoms with Crippen molar-refractivity contribution in [3.05, 3.63) is 95.6 Å². The summed E-state index contributed by atoms with van der Waals surface area (Å²) in [6.07, 6.45) is 21.6. The van der Waals surface area contributed by atoms with E-state index >= 15 is 0 Å². The molecule has 0 radical (unpaired) electrons. The van der Waals surface area contributed by atoms with Crippen LogP contribution < -0.4 is 9.64 Å². The zero-order chi connectivity index (χ0) is 35.3. The number of imide groups is 1. The molecule has 0 aliphatic carbocycles. The minimum Gasteiger partial charge on any atom is -0.491 e. The number of nitrogens with zero attached hydrogens (tertiary/aromatic N) is 1. The van der Waals surface area contributed by atoms with Crippen LogP contribution in [0.1, 0.15) is 146 Å². The van der Waals surface area contributed by atoms with Gasteiger partial charge in [-0.05, 0) is 30.0 Å². The van der Waals surface area contributed by atoms with E-state index in [1.807, 2.05) is 78.9 Å². The molecule has 1 saturated heterocycles. The van der Waals surface area contributed by atoms with E-state index in [2.05, 4.69) is 6.92 Å². The molecular weight excluding hydrogens is 622 g/mol. The van der Waals surface area contributed by atoms with Gasteiger partial charge in [-0.1, -0.05) is 176 Å². The highest BCUT2D eigenvalue weighted by molar-refractivity contribution is 6.21. The van der Waals surface area contributed by atoms with Gasteiger partial charge in [-0.3, -0.25) is 9.59 Å². The number of carbonyl (C=O) groups is 2. The summed E-state index contributed by atoms with van der Waals surface area (Å²) in [6, 6.07) is 25.5. The molecule has 0 unspecified atom stereocenters. The van der Waals surface area contributed by atoms with Gasteiger partial charge in [-0.15, -0.1) is 0 Å². The Morgan fingerprint density at radius 3 is 1.54 bits per heavy atom. The van der Waals surface area contributed by atoms with Crippen molar-refractivity contribution in [1.29, 1.82) is 0 Å². The third-order valence-corrected chi connectivity index (χ3v) is 9.89. The van der Waals surface area contributed by atoms with Gasteiger partial charge in [0.2, 0.25) is 11.8 Å². The van der Waals surface area contributed by atoms with Crippen molar-refractivity contribution in [1.82, 2.24) is 0 Å². The average molecular weight is 684 g/mol. The molecule has 50 heavy (non-hydrogen) atoms. The van der Waals surface area contributed by atoms with Crippen LogP contribution in [-0.4, -0.2) is 36.7 Å². The first-order valence-corrected chi connectivity index (χ1v) is 19.6. The molecule has 1 heterocycles. The molecular formula is C44H61NO5. The molecule has 6 nitrogen and oxygen atoms in total. The summed E-state index contributed by atoms with van der Waals surface area (Å²) in [6.45, 7) is 3.03. The molecule has 0 saturated carbocycles. The fourth-order valence-corrected chi connectivity index (χ4v) is 7.17. The fraction of sp³-hybridized carbons (Fsp3) is 0.545. The number of hydrogen-bond acceptors (Lipinski definition) is 5. The topological polar surface area (TPSA) is 76.1 Å². The number of carbonyl (C=O) groups excluding carboxylic acids is 2. The van der Waals surface area contributed by atoms with Crippen LogP contribution in [0.4, 0.5) is 5.69 Å². The summed E-state index contributed by atoms with van der Waals surface area (Å²) in [5.74, 6) is 0.0363. The van der Waals surface area contributed by atoms with Crippen LogP contribution in [0.25, 0.3) is 0 Å². The smallest absolute Gasteiger partial charge is 0.234 e. The minimum atomic E-state index is -1.16. The van der Waals surface area contributed by atoms with Crippen LogP contribution in [0, 0.1) is 0 Å². The Morgan fingerprint density at radius 1 is 0.580 bits per heavy atom. The number of ether oxygens (including phenoxy) is 2. The quantitative estimate of drug-likeness (QED) is 0.0518. The number of hydrogen-bond donors (Lipinski definition) is 1. The van der Waals surface area contributed by atoms with E-state index in [0.717, 1.165) is 24.0 Å². The van der Waals surface area contributed by atoms with Crippen molar-refractivity contribution in [2.24, 2.45) is 0 Å². The molecule has 2 amide bonds. The molecule has 0 spiro atoms. The monoisotopic (exact) mass is 683 g/mol. The summed E-state index contributed by atoms with van der Waals surface area (Å²) in [5, 5.41) is 9.69. The van der Waals surface area contributed by atoms with E-state index in [1.54, 1.807) is 0 Å². The van der Waals surface area contributed by atoms with Gasteiger partial charge in [0.05, 0.1) is 13.2 Å². The number of anilines is 1. The van der Waals surface area contributed by atoms with Gasteiger partial charge in [0.25, 0.3) is 0 Å². The van der Waals surface area contributed by atoms with E-state index in [0.29, 0.717) is 30.0 Å². The molecule has 3 aromatic carbocycles. The number of para-hydroxylation sites is 1. The Morgan fingerprint density at radius 2 is 1.06 bits per heavy atom. The van der Waals surface area contributed by atoms with E-state index in [-0.39, 0.29) is 37.9 Å². The molecule has 1 fully saturated rings. The van der Waals surface area contributed by atoms with Crippen molar-refractivity contribution in [3.8, 4) is 5.75 Å². The van der Waals surface area contributed by atoms with Crippen molar-refractivity contribution >= 4 is 17.5 Å². The number of benzene rings is 3. The van der Waals surface area contributed by atoms with Crippen molar-refractivity contribution in [3.63, 3.8) is 0 Å². The average Bonchev–Trinajstić information content (AvgIpc) is 3.48. The van der Waals surface area contributed by atoms with Crippen molar-refractivity contribution in [2.75, 3.05) is 24.7 Å². The molecule has 6 heteroatoms. The molecule has 0 atom stereocenters. The lowest BCUT2D eigenvalue weighted by molar-refractivity contribution is -0.121. The summed E-state index contributed by atoms with van der Waals surface area (Å²) < 4.78 is 13.3. The number of amides is 2. The predicted octanol–water partition coefficient (Wildman–Crippen LogP) is 10.7. The Kier molecular flexibility index (Phi) is 17.6. The predicted molar refractivity (Wildman–Crippen MR) is 204 cm³/mol. The zero-order valence-electron chi connectivity index (χ0n) is 30.6. The Bertz CT molecular complexity index is 1340. The summed E-state index contributed by atoms with van der Waals surface area (Å²) in [4.78, 5) is 28.0. The Balaban J connectivity index is 1.41. The molecule has 3 aromatic rings. The number of unbranched alkanes of at least 4 members (excludes halogenated alkanes) is 15. The standard InChI is InChI=1S/C44H61NO5/c1-2-3-4-5-6-7-8-9-10-11-12-13-14-15-16-23-35-49-40-31-24-30-39(43(40)45-41(47)32-33-42(45)48)44(50-36-25-34-46,37-26-19-17-20-27-37)38-28-21-18-22-29-38/h17-22,24,26-31,46H,2-16,23,25,32-36H2,1H3. The normalized spacial score (nSPS) is 13.4. The molecule has 0 bridgehead atoms. The molecule has 1 aliphatic rings. The third kappa shape index (κ3) is 11.3. The molecule has 1 N–H and O–H groups in total. The molecule has 1 aliphatic heterocycles. The highest BCUT2D eigenvalue weighted by Crippen LogP contribution is 2.48. The van der Waals surface area contributed by atoms with Gasteiger partial charge in [0, 0.05) is 25.0 Å². The van der Waals surface area contributed by atoms with Gasteiger partial charge < -0.3 is 14.6 Å². The maximum atomic E-state index is 13.4. The number of aliphatic hydroxyl groups is 1. The van der Waals surface area contributed by atoms with Gasteiger partial charge >= 0.3 is 0 Å². The summed E-state index contributed by atoms with van der Waals surface area (Å²) in [5.41, 5.74) is 1.68. The number of rotatable bonds is 26. The lowest BCUT2D eigenvalue weighted by Gasteiger charge is -2.38. The van der Waals surface area contributed by atoms with Gasteiger partial charge in [-0.25, -0.2) is 4.90 Å². The van der Waals surface area contributed by atoms with E-state index in [4.69, 9.17) is 9.47 Å². The second kappa shape index (κ2) is 22.4. The first kappa shape index (κ1) is 39.3. The molecule has 272 valence electrons. The van der Waals surface area contributed by atoms with E-state index in [9.17, 15) is 14.7 Å². The van der Waals surface area contributed by atoms with Gasteiger partial charge in [0.15, 0.2) is 0 Å². The Hall–Kier alpha value is -3.48. The van der Waals surface area contributed by atoms with Crippen molar-refractivity contribution < 1.29 is 24.2 Å². The van der Waals surface area contributed by atoms with Crippen LogP contribution in [0.2, 0.25) is 0 Å². The maximum Gasteiger partial charge on any atom is 0.234 e. The first-order valence-electron chi connectivity index (χ1n) is 19.6. The second-order valence-electron chi connectivity index (χ2n) is 13.8. The SMILES string of the molecule is CCCCCCCCCCCCCCCCCCOc1cccc(C(OCCCO)(c2ccccc2)c2ccccc2)c1N1C(=O)CCC1=O. The lowest BCUT2D eigenvalue weighted by atomic mass is 9.78. The fourth-order valence-electron chi connectivity index (χ4n) is 7.17. The van der Waals surface area contributed by atoms with Gasteiger partial charge in [-0.2, -0.15) is 0 Å². The molecule has 4 rings (SSSR count).